The van der Waals surface area contributed by atoms with Gasteiger partial charge in [-0.3, -0.25) is 0 Å². The summed E-state index contributed by atoms with van der Waals surface area (Å²) in [4.78, 5) is 11.8. The summed E-state index contributed by atoms with van der Waals surface area (Å²) < 4.78 is 9.36. The maximum absolute atomic E-state index is 11.8. The average Bonchev–Trinajstić information content (AvgIpc) is 2.87. The molecule has 3 rings (SSSR count). The minimum atomic E-state index is -0.257. The first-order valence-corrected chi connectivity index (χ1v) is 6.68. The minimum absolute atomic E-state index is 0.257. The molecule has 3 aromatic rings. The van der Waals surface area contributed by atoms with Crippen LogP contribution in [0.4, 0.5) is 0 Å². The lowest BCUT2D eigenvalue weighted by Gasteiger charge is -2.03. The Morgan fingerprint density at radius 1 is 1.33 bits per heavy atom. The third kappa shape index (κ3) is 1.53. The first-order chi connectivity index (χ1) is 8.72. The zero-order chi connectivity index (χ0) is 12.7. The lowest BCUT2D eigenvalue weighted by atomic mass is 10.2. The third-order valence-electron chi connectivity index (χ3n) is 3.04. The van der Waals surface area contributed by atoms with Crippen molar-refractivity contribution in [3.05, 3.63) is 36.0 Å². The zero-order valence-corrected chi connectivity index (χ0v) is 11.1. The Hall–Kier alpha value is -1.81. The molecule has 0 spiro atoms. The van der Waals surface area contributed by atoms with E-state index < -0.39 is 0 Å². The Morgan fingerprint density at radius 3 is 2.89 bits per heavy atom. The molecule has 2 aromatic heterocycles. The first-order valence-electron chi connectivity index (χ1n) is 5.86. The summed E-state index contributed by atoms with van der Waals surface area (Å²) >= 11 is 1.70. The number of carbonyl (C=O) groups is 1. The van der Waals surface area contributed by atoms with Crippen molar-refractivity contribution >= 4 is 37.6 Å². The quantitative estimate of drug-likeness (QED) is 0.659. The number of aromatic nitrogens is 1. The summed E-state index contributed by atoms with van der Waals surface area (Å²) in [6.07, 6.45) is 0. The van der Waals surface area contributed by atoms with Crippen molar-refractivity contribution in [1.82, 2.24) is 4.57 Å². The summed E-state index contributed by atoms with van der Waals surface area (Å²) in [5, 5.41) is 1.19. The Labute approximate surface area is 109 Å². The van der Waals surface area contributed by atoms with Gasteiger partial charge in [-0.25, -0.2) is 4.79 Å². The number of hydrogen-bond acceptors (Lipinski definition) is 3. The van der Waals surface area contributed by atoms with E-state index in [0.29, 0.717) is 12.3 Å². The number of benzene rings is 1. The molecular weight excluding hydrogens is 246 g/mol. The monoisotopic (exact) mass is 259 g/mol. The largest absolute Gasteiger partial charge is 0.461 e. The molecule has 1 aromatic carbocycles. The van der Waals surface area contributed by atoms with Crippen LogP contribution in [0.2, 0.25) is 0 Å². The molecule has 0 atom stereocenters. The standard InChI is InChI=1S/C14H13NO2S/c1-3-17-14(16)10-8-12-13(15(10)2)9-6-4-5-7-11(9)18-12/h4-8H,3H2,1-2H3. The lowest BCUT2D eigenvalue weighted by molar-refractivity contribution is 0.0516. The SMILES string of the molecule is CCOC(=O)c1cc2sc3ccccc3c2n1C. The number of aryl methyl sites for hydroxylation is 1. The molecular formula is C14H13NO2S. The molecule has 0 bridgehead atoms. The van der Waals surface area contributed by atoms with E-state index in [4.69, 9.17) is 4.74 Å². The molecule has 0 N–H and O–H groups in total. The topological polar surface area (TPSA) is 31.2 Å². The molecule has 18 heavy (non-hydrogen) atoms. The normalized spacial score (nSPS) is 11.2. The van der Waals surface area contributed by atoms with Gasteiger partial charge in [0, 0.05) is 17.1 Å². The second-order valence-electron chi connectivity index (χ2n) is 4.12. The Kier molecular flexibility index (Phi) is 2.59. The van der Waals surface area contributed by atoms with Crippen LogP contribution >= 0.6 is 11.3 Å². The Bertz CT molecular complexity index is 739. The second-order valence-corrected chi connectivity index (χ2v) is 5.20. The van der Waals surface area contributed by atoms with Crippen LogP contribution in [0.3, 0.4) is 0 Å². The van der Waals surface area contributed by atoms with Gasteiger partial charge in [0.25, 0.3) is 0 Å². The van der Waals surface area contributed by atoms with Crippen molar-refractivity contribution in [3.8, 4) is 0 Å². The Balaban J connectivity index is 2.26. The summed E-state index contributed by atoms with van der Waals surface area (Å²) in [7, 11) is 1.91. The molecule has 0 amide bonds. The molecule has 0 aliphatic rings. The summed E-state index contributed by atoms with van der Waals surface area (Å²) in [5.41, 5.74) is 1.72. The highest BCUT2D eigenvalue weighted by molar-refractivity contribution is 7.25. The van der Waals surface area contributed by atoms with Gasteiger partial charge in [0.15, 0.2) is 0 Å². The van der Waals surface area contributed by atoms with E-state index >= 15 is 0 Å². The molecule has 0 radical (unpaired) electrons. The van der Waals surface area contributed by atoms with E-state index in [-0.39, 0.29) is 5.97 Å². The van der Waals surface area contributed by atoms with E-state index in [9.17, 15) is 4.79 Å². The molecule has 0 aliphatic carbocycles. The van der Waals surface area contributed by atoms with Gasteiger partial charge in [-0.15, -0.1) is 11.3 Å². The molecule has 0 fully saturated rings. The second kappa shape index (κ2) is 4.14. The molecule has 2 heterocycles. The molecule has 0 saturated heterocycles. The van der Waals surface area contributed by atoms with E-state index in [1.807, 2.05) is 36.7 Å². The van der Waals surface area contributed by atoms with Crippen molar-refractivity contribution in [2.24, 2.45) is 7.05 Å². The van der Waals surface area contributed by atoms with Crippen LogP contribution in [0, 0.1) is 0 Å². The fourth-order valence-corrected chi connectivity index (χ4v) is 3.41. The van der Waals surface area contributed by atoms with Gasteiger partial charge in [0.2, 0.25) is 0 Å². The number of nitrogens with zero attached hydrogens (tertiary/aromatic N) is 1. The smallest absolute Gasteiger partial charge is 0.354 e. The summed E-state index contributed by atoms with van der Waals surface area (Å²) in [5.74, 6) is -0.257. The van der Waals surface area contributed by atoms with Gasteiger partial charge < -0.3 is 9.30 Å². The average molecular weight is 259 g/mol. The van der Waals surface area contributed by atoms with E-state index in [1.165, 1.54) is 10.1 Å². The van der Waals surface area contributed by atoms with Crippen LogP contribution in [0.15, 0.2) is 30.3 Å². The van der Waals surface area contributed by atoms with Crippen molar-refractivity contribution < 1.29 is 9.53 Å². The van der Waals surface area contributed by atoms with Gasteiger partial charge in [-0.1, -0.05) is 18.2 Å². The highest BCUT2D eigenvalue weighted by Crippen LogP contribution is 2.35. The fourth-order valence-electron chi connectivity index (χ4n) is 2.24. The van der Waals surface area contributed by atoms with Gasteiger partial charge in [-0.05, 0) is 19.1 Å². The first kappa shape index (κ1) is 11.3. The number of rotatable bonds is 2. The van der Waals surface area contributed by atoms with Crippen molar-refractivity contribution in [3.63, 3.8) is 0 Å². The molecule has 0 aliphatic heterocycles. The fraction of sp³-hybridized carbons (Fsp3) is 0.214. The van der Waals surface area contributed by atoms with Gasteiger partial charge >= 0.3 is 5.97 Å². The molecule has 0 saturated carbocycles. The number of hydrogen-bond donors (Lipinski definition) is 0. The maximum atomic E-state index is 11.8. The summed E-state index contributed by atoms with van der Waals surface area (Å²) in [6, 6.07) is 10.2. The molecule has 92 valence electrons. The van der Waals surface area contributed by atoms with Crippen molar-refractivity contribution in [1.29, 1.82) is 0 Å². The lowest BCUT2D eigenvalue weighted by Crippen LogP contribution is -2.09. The van der Waals surface area contributed by atoms with E-state index in [2.05, 4.69) is 12.1 Å². The number of esters is 1. The maximum Gasteiger partial charge on any atom is 0.354 e. The van der Waals surface area contributed by atoms with Gasteiger partial charge in [-0.2, -0.15) is 0 Å². The van der Waals surface area contributed by atoms with Crippen LogP contribution in [0.5, 0.6) is 0 Å². The predicted molar refractivity (Wildman–Crippen MR) is 74.3 cm³/mol. The molecule has 4 heteroatoms. The number of thiophene rings is 1. The highest BCUT2D eigenvalue weighted by Gasteiger charge is 2.17. The van der Waals surface area contributed by atoms with E-state index in [0.717, 1.165) is 10.2 Å². The van der Waals surface area contributed by atoms with Crippen molar-refractivity contribution in [2.75, 3.05) is 6.61 Å². The van der Waals surface area contributed by atoms with Gasteiger partial charge in [0.05, 0.1) is 16.8 Å². The minimum Gasteiger partial charge on any atom is -0.461 e. The van der Waals surface area contributed by atoms with Gasteiger partial charge in [0.1, 0.15) is 5.69 Å². The number of ether oxygens (including phenoxy) is 1. The predicted octanol–water partition coefficient (Wildman–Crippen LogP) is 3.57. The van der Waals surface area contributed by atoms with Crippen LogP contribution in [0.25, 0.3) is 20.3 Å². The summed E-state index contributed by atoms with van der Waals surface area (Å²) in [6.45, 7) is 2.22. The van der Waals surface area contributed by atoms with Crippen LogP contribution in [-0.4, -0.2) is 17.1 Å². The van der Waals surface area contributed by atoms with Crippen LogP contribution < -0.4 is 0 Å². The number of fused-ring (bicyclic) bond motifs is 3. The number of carbonyl (C=O) groups excluding carboxylic acids is 1. The van der Waals surface area contributed by atoms with Crippen molar-refractivity contribution in [2.45, 2.75) is 6.92 Å². The van der Waals surface area contributed by atoms with Crippen LogP contribution in [-0.2, 0) is 11.8 Å². The van der Waals surface area contributed by atoms with Crippen LogP contribution in [0.1, 0.15) is 17.4 Å². The highest BCUT2D eigenvalue weighted by atomic mass is 32.1. The third-order valence-corrected chi connectivity index (χ3v) is 4.15. The molecule has 0 unspecified atom stereocenters. The Morgan fingerprint density at radius 2 is 2.11 bits per heavy atom. The van der Waals surface area contributed by atoms with E-state index in [1.54, 1.807) is 11.3 Å². The zero-order valence-electron chi connectivity index (χ0n) is 10.3. The molecule has 3 nitrogen and oxygen atoms in total.